The van der Waals surface area contributed by atoms with E-state index in [1.807, 2.05) is 62.4 Å². The van der Waals surface area contributed by atoms with E-state index < -0.39 is 6.04 Å². The summed E-state index contributed by atoms with van der Waals surface area (Å²) in [5.74, 6) is -0.0350. The Kier molecular flexibility index (Phi) is 6.19. The number of benzene rings is 2. The first-order valence-electron chi connectivity index (χ1n) is 9.66. The Morgan fingerprint density at radius 1 is 1.23 bits per heavy atom. The fraction of sp³-hybridized carbons (Fsp3) is 0.261. The van der Waals surface area contributed by atoms with Crippen LogP contribution in [0.1, 0.15) is 23.9 Å². The van der Waals surface area contributed by atoms with E-state index in [9.17, 15) is 15.2 Å². The Bertz CT molecular complexity index is 1100. The number of aryl methyl sites for hydroxylation is 2. The standard InChI is InChI=1S/C23H25N5O2/c1-14-8-7-9-15(2)21(14)27-20(29)13-28(4)16(3)22(30)17(12-24)23-25-18-10-5-6-11-19(18)26-23/h5-11,16,30H,13H2,1-4H3,(H,25,26)(H,27,29)/b22-17-/t16-/m0/s1. The lowest BCUT2D eigenvalue weighted by Crippen LogP contribution is -2.38. The van der Waals surface area contributed by atoms with Crippen molar-refractivity contribution in [2.45, 2.75) is 26.8 Å². The minimum Gasteiger partial charge on any atom is -0.509 e. The van der Waals surface area contributed by atoms with Crippen LogP contribution < -0.4 is 5.32 Å². The number of aliphatic hydroxyl groups excluding tert-OH is 1. The minimum atomic E-state index is -0.559. The van der Waals surface area contributed by atoms with Crippen molar-refractivity contribution >= 4 is 28.2 Å². The molecule has 0 aliphatic rings. The number of rotatable bonds is 6. The van der Waals surface area contributed by atoms with Crippen LogP contribution in [0.3, 0.4) is 0 Å². The molecule has 1 amide bonds. The zero-order valence-electron chi connectivity index (χ0n) is 17.5. The molecule has 0 radical (unpaired) electrons. The van der Waals surface area contributed by atoms with Crippen molar-refractivity contribution in [3.63, 3.8) is 0 Å². The number of carbonyl (C=O) groups excluding carboxylic acids is 1. The quantitative estimate of drug-likeness (QED) is 0.427. The SMILES string of the molecule is Cc1cccc(C)c1NC(=O)CN(C)[C@@H](C)/C(O)=C(\C#N)c1nc2ccccc2[nH]1. The van der Waals surface area contributed by atoms with Gasteiger partial charge in [-0.1, -0.05) is 30.3 Å². The van der Waals surface area contributed by atoms with Crippen molar-refractivity contribution in [3.05, 3.63) is 65.2 Å². The molecule has 0 saturated heterocycles. The molecule has 2 aromatic carbocycles. The summed E-state index contributed by atoms with van der Waals surface area (Å²) in [6.07, 6.45) is 0. The van der Waals surface area contributed by atoms with Gasteiger partial charge in [-0.15, -0.1) is 0 Å². The molecule has 7 nitrogen and oxygen atoms in total. The van der Waals surface area contributed by atoms with E-state index in [0.717, 1.165) is 22.3 Å². The van der Waals surface area contributed by atoms with Gasteiger partial charge < -0.3 is 15.4 Å². The summed E-state index contributed by atoms with van der Waals surface area (Å²) >= 11 is 0. The monoisotopic (exact) mass is 403 g/mol. The normalized spacial score (nSPS) is 13.1. The molecule has 3 aromatic rings. The third kappa shape index (κ3) is 4.34. The maximum Gasteiger partial charge on any atom is 0.238 e. The maximum absolute atomic E-state index is 12.5. The lowest BCUT2D eigenvalue weighted by Gasteiger charge is -2.24. The number of likely N-dealkylation sites (N-methyl/N-ethyl adjacent to an activating group) is 1. The van der Waals surface area contributed by atoms with Crippen LogP contribution in [0.4, 0.5) is 5.69 Å². The number of aromatic nitrogens is 2. The van der Waals surface area contributed by atoms with Crippen molar-refractivity contribution in [1.82, 2.24) is 14.9 Å². The first kappa shape index (κ1) is 21.1. The fourth-order valence-corrected chi connectivity index (χ4v) is 3.27. The highest BCUT2D eigenvalue weighted by Crippen LogP contribution is 2.22. The van der Waals surface area contributed by atoms with Gasteiger partial charge in [0.2, 0.25) is 5.91 Å². The summed E-state index contributed by atoms with van der Waals surface area (Å²) in [5.41, 5.74) is 4.31. The Hall–Kier alpha value is -3.63. The summed E-state index contributed by atoms with van der Waals surface area (Å²) in [6.45, 7) is 5.67. The van der Waals surface area contributed by atoms with Crippen molar-refractivity contribution in [2.24, 2.45) is 0 Å². The number of nitrogens with zero attached hydrogens (tertiary/aromatic N) is 3. The van der Waals surface area contributed by atoms with E-state index in [-0.39, 0.29) is 23.8 Å². The summed E-state index contributed by atoms with van der Waals surface area (Å²) in [4.78, 5) is 21.7. The number of hydrogen-bond donors (Lipinski definition) is 3. The number of amides is 1. The second kappa shape index (κ2) is 8.80. The highest BCUT2D eigenvalue weighted by molar-refractivity contribution is 5.93. The predicted octanol–water partition coefficient (Wildman–Crippen LogP) is 3.93. The second-order valence-corrected chi connectivity index (χ2v) is 7.38. The highest BCUT2D eigenvalue weighted by atomic mass is 16.3. The van der Waals surface area contributed by atoms with Crippen LogP contribution in [-0.4, -0.2) is 45.5 Å². The number of fused-ring (bicyclic) bond motifs is 1. The molecule has 3 N–H and O–H groups in total. The molecule has 0 aliphatic carbocycles. The van der Waals surface area contributed by atoms with Gasteiger partial charge >= 0.3 is 0 Å². The molecule has 0 spiro atoms. The van der Waals surface area contributed by atoms with E-state index in [1.54, 1.807) is 18.9 Å². The smallest absolute Gasteiger partial charge is 0.238 e. The van der Waals surface area contributed by atoms with Gasteiger partial charge in [0.05, 0.1) is 23.6 Å². The molecule has 0 unspecified atom stereocenters. The molecule has 7 heteroatoms. The number of nitrogens with one attached hydrogen (secondary N) is 2. The molecule has 154 valence electrons. The van der Waals surface area contributed by atoms with Crippen LogP contribution in [0, 0.1) is 25.2 Å². The number of allylic oxidation sites excluding steroid dienone is 1. The Morgan fingerprint density at radius 3 is 2.53 bits per heavy atom. The van der Waals surface area contributed by atoms with E-state index in [2.05, 4.69) is 15.3 Å². The molecule has 0 bridgehead atoms. The largest absolute Gasteiger partial charge is 0.509 e. The van der Waals surface area contributed by atoms with Gasteiger partial charge in [0.1, 0.15) is 17.4 Å². The third-order valence-corrected chi connectivity index (χ3v) is 5.19. The number of hydrogen-bond acceptors (Lipinski definition) is 5. The van der Waals surface area contributed by atoms with E-state index in [1.165, 1.54) is 0 Å². The zero-order valence-corrected chi connectivity index (χ0v) is 17.5. The minimum absolute atomic E-state index is 0.0534. The summed E-state index contributed by atoms with van der Waals surface area (Å²) < 4.78 is 0. The number of imidazole rings is 1. The molecule has 1 heterocycles. The number of aromatic amines is 1. The molecule has 30 heavy (non-hydrogen) atoms. The lowest BCUT2D eigenvalue weighted by molar-refractivity contribution is -0.117. The van der Waals surface area contributed by atoms with Gasteiger partial charge in [-0.3, -0.25) is 9.69 Å². The van der Waals surface area contributed by atoms with Crippen LogP contribution in [0.25, 0.3) is 16.6 Å². The summed E-state index contributed by atoms with van der Waals surface area (Å²) in [7, 11) is 1.72. The Balaban J connectivity index is 1.77. The lowest BCUT2D eigenvalue weighted by atomic mass is 10.1. The van der Waals surface area contributed by atoms with Gasteiger partial charge in [-0.2, -0.15) is 5.26 Å². The van der Waals surface area contributed by atoms with Gasteiger partial charge in [0.15, 0.2) is 5.82 Å². The van der Waals surface area contributed by atoms with Gasteiger partial charge in [-0.25, -0.2) is 4.98 Å². The second-order valence-electron chi connectivity index (χ2n) is 7.38. The third-order valence-electron chi connectivity index (χ3n) is 5.19. The van der Waals surface area contributed by atoms with Crippen LogP contribution >= 0.6 is 0 Å². The molecule has 0 aliphatic heterocycles. The average Bonchev–Trinajstić information content (AvgIpc) is 3.14. The van der Waals surface area contributed by atoms with E-state index in [0.29, 0.717) is 11.3 Å². The van der Waals surface area contributed by atoms with Crippen molar-refractivity contribution in [1.29, 1.82) is 5.26 Å². The van der Waals surface area contributed by atoms with E-state index in [4.69, 9.17) is 0 Å². The Morgan fingerprint density at radius 2 is 1.90 bits per heavy atom. The van der Waals surface area contributed by atoms with Crippen molar-refractivity contribution in [2.75, 3.05) is 18.9 Å². The van der Waals surface area contributed by atoms with Gasteiger partial charge in [0.25, 0.3) is 0 Å². The van der Waals surface area contributed by atoms with Gasteiger partial charge in [0, 0.05) is 5.69 Å². The Labute approximate surface area is 175 Å². The first-order chi connectivity index (χ1) is 14.3. The molecule has 1 atom stereocenters. The number of carbonyl (C=O) groups is 1. The van der Waals surface area contributed by atoms with Crippen LogP contribution in [-0.2, 0) is 4.79 Å². The molecule has 1 aromatic heterocycles. The molecular weight excluding hydrogens is 378 g/mol. The van der Waals surface area contributed by atoms with Gasteiger partial charge in [-0.05, 0) is 51.1 Å². The van der Waals surface area contributed by atoms with Crippen molar-refractivity contribution < 1.29 is 9.90 Å². The van der Waals surface area contributed by atoms with Crippen molar-refractivity contribution in [3.8, 4) is 6.07 Å². The molecule has 3 rings (SSSR count). The van der Waals surface area contributed by atoms with Crippen LogP contribution in [0.2, 0.25) is 0 Å². The van der Waals surface area contributed by atoms with E-state index >= 15 is 0 Å². The number of para-hydroxylation sites is 3. The highest BCUT2D eigenvalue weighted by Gasteiger charge is 2.23. The number of anilines is 1. The number of aliphatic hydroxyl groups is 1. The average molecular weight is 403 g/mol. The topological polar surface area (TPSA) is 105 Å². The molecule has 0 saturated carbocycles. The summed E-state index contributed by atoms with van der Waals surface area (Å²) in [5, 5.41) is 23.3. The maximum atomic E-state index is 12.5. The number of nitriles is 1. The first-order valence-corrected chi connectivity index (χ1v) is 9.66. The van der Waals surface area contributed by atoms with Crippen LogP contribution in [0.5, 0.6) is 0 Å². The fourth-order valence-electron chi connectivity index (χ4n) is 3.27. The predicted molar refractivity (Wildman–Crippen MR) is 118 cm³/mol. The summed E-state index contributed by atoms with van der Waals surface area (Å²) in [6, 6.07) is 14.7. The number of H-pyrrole nitrogens is 1. The zero-order chi connectivity index (χ0) is 21.8. The molecular formula is C23H25N5O2. The van der Waals surface area contributed by atoms with Crippen LogP contribution in [0.15, 0.2) is 48.2 Å². The molecule has 0 fully saturated rings.